The van der Waals surface area contributed by atoms with Gasteiger partial charge >= 0.3 is 0 Å². The van der Waals surface area contributed by atoms with Crippen LogP contribution in [-0.2, 0) is 0 Å². The molecule has 0 atom stereocenters. The van der Waals surface area contributed by atoms with E-state index in [2.05, 4.69) is 21.2 Å². The van der Waals surface area contributed by atoms with Crippen molar-refractivity contribution < 1.29 is 9.53 Å². The predicted molar refractivity (Wildman–Crippen MR) is 84.5 cm³/mol. The molecule has 2 rings (SSSR count). The van der Waals surface area contributed by atoms with E-state index in [-0.39, 0.29) is 5.91 Å². The molecule has 4 nitrogen and oxygen atoms in total. The molecule has 0 unspecified atom stereocenters. The van der Waals surface area contributed by atoms with Crippen molar-refractivity contribution in [2.45, 2.75) is 0 Å². The van der Waals surface area contributed by atoms with Crippen molar-refractivity contribution >= 4 is 44.8 Å². The summed E-state index contributed by atoms with van der Waals surface area (Å²) in [4.78, 5) is 12.2. The number of carbonyl (C=O) groups is 1. The molecule has 0 spiro atoms. The van der Waals surface area contributed by atoms with Gasteiger partial charge in [0.2, 0.25) is 0 Å². The van der Waals surface area contributed by atoms with E-state index in [1.807, 2.05) is 0 Å². The SMILES string of the molecule is COc1c(Br)cc(Cl)cc1NC(=O)c1ccccc1N. The van der Waals surface area contributed by atoms with Crippen LogP contribution < -0.4 is 15.8 Å². The topological polar surface area (TPSA) is 64.3 Å². The fourth-order valence-corrected chi connectivity index (χ4v) is 2.73. The van der Waals surface area contributed by atoms with Gasteiger partial charge in [0.25, 0.3) is 5.91 Å². The van der Waals surface area contributed by atoms with Gasteiger partial charge in [0, 0.05) is 10.7 Å². The van der Waals surface area contributed by atoms with Gasteiger partial charge in [0.15, 0.2) is 5.75 Å². The molecule has 0 saturated heterocycles. The average molecular weight is 356 g/mol. The molecule has 0 aromatic heterocycles. The van der Waals surface area contributed by atoms with Crippen LogP contribution in [0.4, 0.5) is 11.4 Å². The number of para-hydroxylation sites is 1. The number of rotatable bonds is 3. The summed E-state index contributed by atoms with van der Waals surface area (Å²) >= 11 is 9.31. The molecular weight excluding hydrogens is 344 g/mol. The van der Waals surface area contributed by atoms with Crippen molar-refractivity contribution in [3.8, 4) is 5.75 Å². The van der Waals surface area contributed by atoms with Crippen molar-refractivity contribution in [3.05, 3.63) is 51.5 Å². The second-order valence-electron chi connectivity index (χ2n) is 4.01. The number of hydrogen-bond donors (Lipinski definition) is 2. The second-order valence-corrected chi connectivity index (χ2v) is 5.30. The number of hydrogen-bond acceptors (Lipinski definition) is 3. The highest BCUT2D eigenvalue weighted by molar-refractivity contribution is 9.10. The molecule has 0 bridgehead atoms. The van der Waals surface area contributed by atoms with Crippen molar-refractivity contribution in [1.82, 2.24) is 0 Å². The smallest absolute Gasteiger partial charge is 0.257 e. The monoisotopic (exact) mass is 354 g/mol. The highest BCUT2D eigenvalue weighted by atomic mass is 79.9. The van der Waals surface area contributed by atoms with Crippen LogP contribution >= 0.6 is 27.5 Å². The minimum atomic E-state index is -0.324. The van der Waals surface area contributed by atoms with Gasteiger partial charge in [-0.3, -0.25) is 4.79 Å². The Kier molecular flexibility index (Phi) is 4.52. The number of nitrogens with one attached hydrogen (secondary N) is 1. The minimum absolute atomic E-state index is 0.324. The first kappa shape index (κ1) is 14.7. The normalized spacial score (nSPS) is 10.2. The van der Waals surface area contributed by atoms with Crippen LogP contribution in [0.25, 0.3) is 0 Å². The lowest BCUT2D eigenvalue weighted by Crippen LogP contribution is -2.14. The first-order chi connectivity index (χ1) is 9.52. The molecule has 0 heterocycles. The van der Waals surface area contributed by atoms with E-state index in [9.17, 15) is 4.79 Å². The lowest BCUT2D eigenvalue weighted by atomic mass is 10.1. The molecule has 0 aliphatic carbocycles. The van der Waals surface area contributed by atoms with Crippen LogP contribution in [0.5, 0.6) is 5.75 Å². The average Bonchev–Trinajstić information content (AvgIpc) is 2.38. The lowest BCUT2D eigenvalue weighted by molar-refractivity contribution is 0.102. The fraction of sp³-hybridized carbons (Fsp3) is 0.0714. The van der Waals surface area contributed by atoms with E-state index in [0.29, 0.717) is 32.2 Å². The Balaban J connectivity index is 2.35. The summed E-state index contributed by atoms with van der Waals surface area (Å²) in [5.41, 5.74) is 7.05. The van der Waals surface area contributed by atoms with Gasteiger partial charge in [-0.1, -0.05) is 23.7 Å². The summed E-state index contributed by atoms with van der Waals surface area (Å²) < 4.78 is 5.90. The van der Waals surface area contributed by atoms with E-state index in [1.165, 1.54) is 7.11 Å². The van der Waals surface area contributed by atoms with Gasteiger partial charge < -0.3 is 15.8 Å². The first-order valence-corrected chi connectivity index (χ1v) is 6.89. The number of ether oxygens (including phenoxy) is 1. The highest BCUT2D eigenvalue weighted by Crippen LogP contribution is 2.36. The Morgan fingerprint density at radius 1 is 1.35 bits per heavy atom. The Bertz CT molecular complexity index is 662. The van der Waals surface area contributed by atoms with E-state index in [4.69, 9.17) is 22.1 Å². The summed E-state index contributed by atoms with van der Waals surface area (Å²) in [6.45, 7) is 0. The molecule has 20 heavy (non-hydrogen) atoms. The zero-order valence-electron chi connectivity index (χ0n) is 10.6. The number of halogens is 2. The summed E-state index contributed by atoms with van der Waals surface area (Å²) in [7, 11) is 1.51. The summed E-state index contributed by atoms with van der Waals surface area (Å²) in [6, 6.07) is 10.1. The van der Waals surface area contributed by atoms with Gasteiger partial charge in [-0.05, 0) is 40.2 Å². The van der Waals surface area contributed by atoms with Gasteiger partial charge in [0.05, 0.1) is 22.8 Å². The third-order valence-electron chi connectivity index (χ3n) is 2.67. The largest absolute Gasteiger partial charge is 0.493 e. The second kappa shape index (κ2) is 6.15. The van der Waals surface area contributed by atoms with E-state index in [1.54, 1.807) is 36.4 Å². The van der Waals surface area contributed by atoms with Gasteiger partial charge in [-0.2, -0.15) is 0 Å². The number of methoxy groups -OCH3 is 1. The Morgan fingerprint density at radius 3 is 2.70 bits per heavy atom. The summed E-state index contributed by atoms with van der Waals surface area (Å²) in [5, 5.41) is 3.22. The molecule has 2 aromatic carbocycles. The molecule has 2 aromatic rings. The number of carbonyl (C=O) groups excluding carboxylic acids is 1. The molecule has 0 aliphatic rings. The van der Waals surface area contributed by atoms with Crippen molar-refractivity contribution in [1.29, 1.82) is 0 Å². The van der Waals surface area contributed by atoms with Crippen LogP contribution in [0.1, 0.15) is 10.4 Å². The maximum atomic E-state index is 12.2. The summed E-state index contributed by atoms with van der Waals surface area (Å²) in [6.07, 6.45) is 0. The predicted octanol–water partition coefficient (Wildman–Crippen LogP) is 3.95. The number of nitrogen functional groups attached to an aromatic ring is 1. The first-order valence-electron chi connectivity index (χ1n) is 5.72. The Labute approximate surface area is 130 Å². The number of nitrogens with two attached hydrogens (primary N) is 1. The molecule has 104 valence electrons. The molecular formula is C14H12BrClN2O2. The number of anilines is 2. The van der Waals surface area contributed by atoms with E-state index < -0.39 is 0 Å². The quantitative estimate of drug-likeness (QED) is 0.820. The third kappa shape index (κ3) is 3.05. The molecule has 1 amide bonds. The molecule has 0 aliphatic heterocycles. The van der Waals surface area contributed by atoms with Crippen LogP contribution in [0, 0.1) is 0 Å². The molecule has 0 saturated carbocycles. The van der Waals surface area contributed by atoms with Gasteiger partial charge in [-0.15, -0.1) is 0 Å². The minimum Gasteiger partial charge on any atom is -0.493 e. The maximum absolute atomic E-state index is 12.2. The molecule has 6 heteroatoms. The molecule has 3 N–H and O–H groups in total. The van der Waals surface area contributed by atoms with Crippen molar-refractivity contribution in [2.75, 3.05) is 18.2 Å². The lowest BCUT2D eigenvalue weighted by Gasteiger charge is -2.13. The van der Waals surface area contributed by atoms with Gasteiger partial charge in [0.1, 0.15) is 0 Å². The Morgan fingerprint density at radius 2 is 2.05 bits per heavy atom. The maximum Gasteiger partial charge on any atom is 0.257 e. The molecule has 0 fully saturated rings. The fourth-order valence-electron chi connectivity index (χ4n) is 1.75. The van der Waals surface area contributed by atoms with Crippen molar-refractivity contribution in [3.63, 3.8) is 0 Å². The number of amides is 1. The zero-order chi connectivity index (χ0) is 14.7. The highest BCUT2D eigenvalue weighted by Gasteiger charge is 2.14. The van der Waals surface area contributed by atoms with Crippen LogP contribution in [-0.4, -0.2) is 13.0 Å². The Hall–Kier alpha value is -1.72. The van der Waals surface area contributed by atoms with Gasteiger partial charge in [-0.25, -0.2) is 0 Å². The van der Waals surface area contributed by atoms with Crippen LogP contribution in [0.15, 0.2) is 40.9 Å². The molecule has 0 radical (unpaired) electrons. The van der Waals surface area contributed by atoms with E-state index in [0.717, 1.165) is 0 Å². The van der Waals surface area contributed by atoms with Crippen molar-refractivity contribution in [2.24, 2.45) is 0 Å². The standard InChI is InChI=1S/C14H12BrClN2O2/c1-20-13-10(15)6-8(16)7-12(13)18-14(19)9-4-2-3-5-11(9)17/h2-7H,17H2,1H3,(H,18,19). The zero-order valence-corrected chi connectivity index (χ0v) is 13.0. The van der Waals surface area contributed by atoms with E-state index >= 15 is 0 Å². The number of benzene rings is 2. The van der Waals surface area contributed by atoms with Crippen LogP contribution in [0.3, 0.4) is 0 Å². The summed E-state index contributed by atoms with van der Waals surface area (Å²) in [5.74, 6) is 0.174. The third-order valence-corrected chi connectivity index (χ3v) is 3.47. The van der Waals surface area contributed by atoms with Crippen LogP contribution in [0.2, 0.25) is 5.02 Å².